The molecule has 0 heterocycles. The van der Waals surface area contributed by atoms with Crippen molar-refractivity contribution in [2.75, 3.05) is 99.9 Å². The van der Waals surface area contributed by atoms with E-state index in [9.17, 15) is 85.2 Å². The number of amides is 6. The Balaban J connectivity index is 0.000000220. The van der Waals surface area contributed by atoms with Crippen LogP contribution in [0.2, 0.25) is 0 Å². The fourth-order valence-corrected chi connectivity index (χ4v) is 18.7. The van der Waals surface area contributed by atoms with Crippen LogP contribution in [0.15, 0.2) is 326 Å². The number of para-hydroxylation sites is 5. The minimum Gasteiger partial charge on any atom is -0.478 e. The largest absolute Gasteiger partial charge is 0.478 e. The van der Waals surface area contributed by atoms with Crippen LogP contribution in [0.25, 0.3) is 0 Å². The number of carbonyl (C=O) groups excluding carboxylic acids is 6. The summed E-state index contributed by atoms with van der Waals surface area (Å²) >= 11 is 0. The summed E-state index contributed by atoms with van der Waals surface area (Å²) in [4.78, 5) is 108. The van der Waals surface area contributed by atoms with E-state index in [1.807, 2.05) is 84.9 Å². The Labute approximate surface area is 871 Å². The molecule has 786 valence electrons. The van der Waals surface area contributed by atoms with E-state index in [0.717, 1.165) is 77.6 Å². The van der Waals surface area contributed by atoms with Crippen LogP contribution in [0.4, 0.5) is 50.3 Å². The Morgan fingerprint density at radius 2 is 0.753 bits per heavy atom. The third-order valence-corrected chi connectivity index (χ3v) is 28.4. The average Bonchev–Trinajstić information content (AvgIpc) is 0.832. The molecular weight excluding hydrogens is 2020 g/mol. The van der Waals surface area contributed by atoms with Crippen molar-refractivity contribution < 1.29 is 115 Å². The number of methoxy groups -OCH3 is 3. The zero-order valence-corrected chi connectivity index (χ0v) is 87.1. The summed E-state index contributed by atoms with van der Waals surface area (Å²) in [6, 6.07) is 88.7. The van der Waals surface area contributed by atoms with Gasteiger partial charge in [0.15, 0.2) is 15.6 Å². The number of anilines is 8. The SMILES string of the molecule is CCCS(=O)(=O)Nc1ccccc1C(=O)Nc1ccc(CCOC)cc1.CN(C(N)=O)c1ccccc1C(=O)Nc1ccc(C#N)cc1.COCCc1ccc(CC(=O)c2ccccc2CS(=O)(=O)C(C)C)cc1.COCCc1ccc(NC(=O)c2ccccc2NS(=O)(=O)Cc2ccccc2)cc1.CS(=O)(=O)Nc1ccccc1C(=O)NCc1ccc(C(=O)O)cc1.O=C(O)c1ccc(S(=O)(=O)Nc2ccccc2C(=O)O)cc1. The maximum Gasteiger partial charge on any atom is 0.337 e. The highest BCUT2D eigenvalue weighted by Gasteiger charge is 2.26. The van der Waals surface area contributed by atoms with Gasteiger partial charge in [0.1, 0.15) is 0 Å². The molecule has 0 aliphatic carbocycles. The van der Waals surface area contributed by atoms with Crippen LogP contribution in [0.5, 0.6) is 0 Å². The third-order valence-electron chi connectivity index (χ3n) is 21.6. The lowest BCUT2D eigenvalue weighted by Gasteiger charge is -2.18. The summed E-state index contributed by atoms with van der Waals surface area (Å²) in [5.41, 5.74) is 16.3. The van der Waals surface area contributed by atoms with E-state index >= 15 is 0 Å². The zero-order chi connectivity index (χ0) is 110. The number of carboxylic acids is 3. The van der Waals surface area contributed by atoms with E-state index in [4.69, 9.17) is 40.5 Å². The number of primary amides is 1. The lowest BCUT2D eigenvalue weighted by Crippen LogP contribution is -2.33. The first-order chi connectivity index (χ1) is 71.3. The molecule has 0 fully saturated rings. The van der Waals surface area contributed by atoms with Crippen LogP contribution >= 0.6 is 0 Å². The number of ketones is 1. The molecule has 0 aliphatic rings. The van der Waals surface area contributed by atoms with Crippen molar-refractivity contribution in [3.05, 3.63) is 411 Å². The summed E-state index contributed by atoms with van der Waals surface area (Å²) in [6.45, 7) is 7.21. The number of hydrogen-bond donors (Lipinski definition) is 12. The van der Waals surface area contributed by atoms with Gasteiger partial charge >= 0.3 is 23.9 Å². The Hall–Kier alpha value is -16.6. The number of nitrogens with zero attached hydrogens (tertiary/aromatic N) is 2. The van der Waals surface area contributed by atoms with Crippen molar-refractivity contribution in [3.63, 3.8) is 0 Å². The van der Waals surface area contributed by atoms with E-state index in [1.165, 1.54) is 60.5 Å². The third kappa shape index (κ3) is 39.3. The summed E-state index contributed by atoms with van der Waals surface area (Å²) in [5, 5.41) is 45.9. The van der Waals surface area contributed by atoms with Crippen LogP contribution in [-0.2, 0) is 108 Å². The van der Waals surface area contributed by atoms with Crippen LogP contribution in [-0.4, -0.2) is 176 Å². The monoisotopic (exact) mass is 2140 g/mol. The van der Waals surface area contributed by atoms with Gasteiger partial charge < -0.3 is 56.5 Å². The molecule has 0 aromatic heterocycles. The molecule has 0 bridgehead atoms. The topological polar surface area (TPSA) is 562 Å². The predicted molar refractivity (Wildman–Crippen MR) is 578 cm³/mol. The van der Waals surface area contributed by atoms with Crippen molar-refractivity contribution in [3.8, 4) is 6.07 Å². The highest BCUT2D eigenvalue weighted by Crippen LogP contribution is 2.28. The molecule has 41 heteroatoms. The molecule has 0 spiro atoms. The van der Waals surface area contributed by atoms with Crippen molar-refractivity contribution >= 4 is 149 Å². The average molecular weight is 2140 g/mol. The minimum atomic E-state index is -4.02. The van der Waals surface area contributed by atoms with Gasteiger partial charge in [0.25, 0.3) is 33.7 Å². The molecular formula is C109H115N11O25S5. The molecule has 0 aliphatic heterocycles. The molecule has 13 N–H and O–H groups in total. The number of benzene rings is 13. The number of sulfonamides is 4. The number of rotatable bonds is 41. The Kier molecular flexibility index (Phi) is 45.9. The number of Topliss-reactive ketones (excluding diaryl/α,β-unsaturated/α-hetero) is 1. The first-order valence-electron chi connectivity index (χ1n) is 46.0. The smallest absolute Gasteiger partial charge is 0.337 e. The van der Waals surface area contributed by atoms with Gasteiger partial charge in [0.2, 0.25) is 30.1 Å². The summed E-state index contributed by atoms with van der Waals surface area (Å²) in [7, 11) is -11.4. The Morgan fingerprint density at radius 3 is 1.18 bits per heavy atom. The molecule has 13 aromatic carbocycles. The number of carboxylic acid groups (broad SMARTS) is 3. The highest BCUT2D eigenvalue weighted by molar-refractivity contribution is 7.93. The van der Waals surface area contributed by atoms with Crippen LogP contribution in [0.1, 0.15) is 155 Å². The predicted octanol–water partition coefficient (Wildman–Crippen LogP) is 16.9. The van der Waals surface area contributed by atoms with E-state index in [0.29, 0.717) is 76.8 Å². The van der Waals surface area contributed by atoms with Gasteiger partial charge in [-0.15, -0.1) is 0 Å². The Bertz CT molecular complexity index is 7480. The number of nitriles is 1. The molecule has 0 saturated carbocycles. The molecule has 0 atom stereocenters. The van der Waals surface area contributed by atoms with Crippen molar-refractivity contribution in [2.24, 2.45) is 5.73 Å². The number of urea groups is 1. The van der Waals surface area contributed by atoms with E-state index < -0.39 is 90.9 Å². The number of ether oxygens (including phenoxy) is 3. The fourth-order valence-electron chi connectivity index (χ4n) is 13.7. The van der Waals surface area contributed by atoms with Crippen molar-refractivity contribution in [1.29, 1.82) is 5.26 Å². The maximum absolute atomic E-state index is 12.8. The summed E-state index contributed by atoms with van der Waals surface area (Å²) in [5.74, 6) is -5.37. The molecule has 36 nitrogen and oxygen atoms in total. The lowest BCUT2D eigenvalue weighted by atomic mass is 9.98. The maximum atomic E-state index is 12.8. The minimum absolute atomic E-state index is 0.00584. The first-order valence-corrected chi connectivity index (χ1v) is 54.4. The van der Waals surface area contributed by atoms with Gasteiger partial charge in [-0.05, 0) is 224 Å². The number of nitrogens with one attached hydrogen (secondary N) is 8. The second kappa shape index (κ2) is 58.1. The normalized spacial score (nSPS) is 10.9. The second-order valence-corrected chi connectivity index (χ2v) is 42.8. The number of sulfone groups is 1. The summed E-state index contributed by atoms with van der Waals surface area (Å²) < 4.78 is 145. The number of nitrogens with two attached hydrogens (primary N) is 1. The van der Waals surface area contributed by atoms with Gasteiger partial charge in [-0.2, -0.15) is 5.26 Å². The number of carbonyl (C=O) groups is 9. The quantitative estimate of drug-likeness (QED) is 0.0158. The van der Waals surface area contributed by atoms with E-state index in [1.54, 1.807) is 212 Å². The van der Waals surface area contributed by atoms with Gasteiger partial charge in [0, 0.05) is 64.0 Å². The Morgan fingerprint density at radius 1 is 0.387 bits per heavy atom. The second-order valence-electron chi connectivity index (χ2n) is 33.3. The number of hydrogen-bond acceptors (Lipinski definition) is 23. The van der Waals surface area contributed by atoms with Crippen LogP contribution < -0.4 is 50.8 Å². The first kappa shape index (κ1) is 119. The van der Waals surface area contributed by atoms with Gasteiger partial charge in [-0.25, -0.2) is 61.3 Å². The molecule has 0 unspecified atom stereocenters. The van der Waals surface area contributed by atoms with Gasteiger partial charge in [-0.1, -0.05) is 183 Å². The molecule has 6 amide bonds. The molecule has 0 saturated heterocycles. The van der Waals surface area contributed by atoms with E-state index in [2.05, 4.69) is 40.2 Å². The van der Waals surface area contributed by atoms with Crippen molar-refractivity contribution in [2.45, 2.75) is 81.1 Å². The van der Waals surface area contributed by atoms with E-state index in [-0.39, 0.29) is 109 Å². The molecule has 13 aromatic rings. The molecule has 150 heavy (non-hydrogen) atoms. The van der Waals surface area contributed by atoms with Gasteiger partial charge in [-0.3, -0.25) is 47.8 Å². The summed E-state index contributed by atoms with van der Waals surface area (Å²) in [6.07, 6.45) is 4.18. The van der Waals surface area contributed by atoms with Crippen LogP contribution in [0, 0.1) is 11.3 Å². The number of aromatic carboxylic acids is 3. The fraction of sp³-hybridized carbons (Fsp3) is 0.193. The molecule has 0 radical (unpaired) electrons. The highest BCUT2D eigenvalue weighted by atomic mass is 32.2. The van der Waals surface area contributed by atoms with Crippen LogP contribution in [0.3, 0.4) is 0 Å². The van der Waals surface area contributed by atoms with Crippen molar-refractivity contribution in [1.82, 2.24) is 5.32 Å². The lowest BCUT2D eigenvalue weighted by molar-refractivity contribution is 0.0686. The standard InChI is InChI=1S/C23H24N2O4S.C21H26O4S.C19H24N2O4S.C16H14N4O2.C16H16N2O5S.C14H11NO6S/c1-29-16-15-18-11-13-20(14-12-18)24-23(26)21-9-5-6-10-22(21)25-30(27,28)17-19-7-3-2-4-8-19;1-16(2)26(23,24)15-19-6-4-5-7-20(19)21(22)14-18-10-8-17(9-11-18)12-13-25-3;1-3-14-26(23,24)21-18-7-5-4-6-17(18)19(22)20-16-10-8-15(9-11-16)12-13-25-2;1-20(16(18)22)14-5-3-2-4-13(14)15(21)19-12-8-6-11(10-17)7-9-12;1-24(22,23)18-14-5-3-2-4-13(14)15(19)17-10-11-6-8-12(9-7-11)16(20)21;16-13(17)9-5-7-10(8-6-9)22(20,21)15-12-4-2-1-3-11(12)14(18)19/h2-14,25H,15-17H2,1H3,(H,24,26);4-11,16H,12-15H2,1-3H3;4-11,21H,3,12-14H2,1-2H3,(H,20,22);2-9H,1H3,(H2,18,22)(H,19,21);2-9,18H,10H2,1H3,(H,17,19)(H,20,21);1-8,15H,(H,16,17)(H,18,19). The molecule has 13 rings (SSSR count). The zero-order valence-electron chi connectivity index (χ0n) is 83.0. The van der Waals surface area contributed by atoms with Gasteiger partial charge in [0.05, 0.1) is 132 Å².